The number of benzene rings is 2. The van der Waals surface area contributed by atoms with Gasteiger partial charge in [-0.1, -0.05) is 30.3 Å². The van der Waals surface area contributed by atoms with E-state index >= 15 is 0 Å². The first-order valence-corrected chi connectivity index (χ1v) is 7.65. The van der Waals surface area contributed by atoms with Crippen LogP contribution < -0.4 is 0 Å². The number of pyridine rings is 1. The van der Waals surface area contributed by atoms with Gasteiger partial charge in [-0.15, -0.1) is 0 Å². The molecule has 2 aromatic carbocycles. The lowest BCUT2D eigenvalue weighted by atomic mass is 9.89. The van der Waals surface area contributed by atoms with E-state index in [1.54, 1.807) is 0 Å². The number of hydrogen-bond donors (Lipinski definition) is 0. The Bertz CT molecular complexity index is 903. The van der Waals surface area contributed by atoms with Gasteiger partial charge in [-0.05, 0) is 66.8 Å². The van der Waals surface area contributed by atoms with Crippen LogP contribution in [0.2, 0.25) is 0 Å². The highest BCUT2D eigenvalue weighted by Crippen LogP contribution is 2.34. The van der Waals surface area contributed by atoms with Crippen molar-refractivity contribution in [3.05, 3.63) is 77.0 Å². The van der Waals surface area contributed by atoms with Gasteiger partial charge >= 0.3 is 0 Å². The molecule has 112 valence electrons. The van der Waals surface area contributed by atoms with Crippen molar-refractivity contribution in [3.63, 3.8) is 0 Å². The highest BCUT2D eigenvalue weighted by Gasteiger charge is 2.12. The maximum absolute atomic E-state index is 9.19. The number of hydrogen-bond acceptors (Lipinski definition) is 2. The molecule has 0 spiro atoms. The van der Waals surface area contributed by atoms with Crippen LogP contribution in [0.3, 0.4) is 0 Å². The van der Waals surface area contributed by atoms with Gasteiger partial charge in [0.2, 0.25) is 0 Å². The summed E-state index contributed by atoms with van der Waals surface area (Å²) >= 11 is 0. The molecule has 0 bridgehead atoms. The van der Waals surface area contributed by atoms with Gasteiger partial charge in [-0.25, -0.2) is 0 Å². The zero-order valence-corrected chi connectivity index (χ0v) is 13.6. The molecule has 1 heterocycles. The average Bonchev–Trinajstić information content (AvgIpc) is 2.59. The fourth-order valence-corrected chi connectivity index (χ4v) is 2.96. The van der Waals surface area contributed by atoms with Crippen LogP contribution in [0.4, 0.5) is 0 Å². The molecule has 0 saturated carbocycles. The van der Waals surface area contributed by atoms with Crippen molar-refractivity contribution < 1.29 is 0 Å². The zero-order chi connectivity index (χ0) is 16.4. The Hall–Kier alpha value is -2.92. The summed E-state index contributed by atoms with van der Waals surface area (Å²) in [4.78, 5) is 4.47. The van der Waals surface area contributed by atoms with Crippen LogP contribution in [0.1, 0.15) is 22.3 Å². The molecule has 1 aromatic heterocycles. The van der Waals surface area contributed by atoms with Gasteiger partial charge in [0, 0.05) is 11.8 Å². The number of rotatable bonds is 2. The fraction of sp³-hybridized carbons (Fsp3) is 0.143. The molecule has 2 nitrogen and oxygen atoms in total. The molecule has 0 aliphatic rings. The van der Waals surface area contributed by atoms with Crippen LogP contribution in [0.15, 0.2) is 54.7 Å². The lowest BCUT2D eigenvalue weighted by Crippen LogP contribution is -1.95. The Kier molecular flexibility index (Phi) is 3.95. The Morgan fingerprint density at radius 1 is 0.739 bits per heavy atom. The third kappa shape index (κ3) is 2.62. The van der Waals surface area contributed by atoms with Crippen molar-refractivity contribution in [3.8, 4) is 28.5 Å². The molecule has 0 N–H and O–H groups in total. The third-order valence-corrected chi connectivity index (χ3v) is 4.47. The van der Waals surface area contributed by atoms with Gasteiger partial charge in [0.25, 0.3) is 0 Å². The topological polar surface area (TPSA) is 36.7 Å². The van der Waals surface area contributed by atoms with Crippen molar-refractivity contribution in [2.75, 3.05) is 0 Å². The Labute approximate surface area is 137 Å². The first-order valence-electron chi connectivity index (χ1n) is 7.65. The maximum Gasteiger partial charge on any atom is 0.0994 e. The minimum Gasteiger partial charge on any atom is -0.256 e. The Balaban J connectivity index is 2.20. The van der Waals surface area contributed by atoms with Crippen LogP contribution in [0, 0.1) is 32.1 Å². The van der Waals surface area contributed by atoms with E-state index in [0.717, 1.165) is 27.9 Å². The second kappa shape index (κ2) is 6.06. The largest absolute Gasteiger partial charge is 0.256 e. The summed E-state index contributed by atoms with van der Waals surface area (Å²) in [6, 6.07) is 18.5. The van der Waals surface area contributed by atoms with Crippen LogP contribution in [-0.4, -0.2) is 4.98 Å². The Morgan fingerprint density at radius 3 is 2.17 bits per heavy atom. The molecule has 0 atom stereocenters. The molecule has 0 aliphatic carbocycles. The second-order valence-corrected chi connectivity index (χ2v) is 5.72. The number of nitrogens with zero attached hydrogens (tertiary/aromatic N) is 2. The van der Waals surface area contributed by atoms with Crippen molar-refractivity contribution in [2.24, 2.45) is 0 Å². The molecule has 0 saturated heterocycles. The highest BCUT2D eigenvalue weighted by molar-refractivity contribution is 5.79. The summed E-state index contributed by atoms with van der Waals surface area (Å²) in [7, 11) is 0. The van der Waals surface area contributed by atoms with Gasteiger partial charge in [0.05, 0.1) is 17.3 Å². The molecule has 2 heteroatoms. The monoisotopic (exact) mass is 298 g/mol. The summed E-state index contributed by atoms with van der Waals surface area (Å²) in [6.07, 6.45) is 1.82. The number of nitriles is 1. The average molecular weight is 298 g/mol. The molecular formula is C21H18N2. The molecule has 0 radical (unpaired) electrons. The summed E-state index contributed by atoms with van der Waals surface area (Å²) in [5, 5.41) is 9.19. The third-order valence-electron chi connectivity index (χ3n) is 4.47. The van der Waals surface area contributed by atoms with E-state index in [1.807, 2.05) is 43.5 Å². The molecule has 0 amide bonds. The van der Waals surface area contributed by atoms with Crippen molar-refractivity contribution in [1.82, 2.24) is 4.98 Å². The van der Waals surface area contributed by atoms with Gasteiger partial charge in [-0.2, -0.15) is 5.26 Å². The van der Waals surface area contributed by atoms with Crippen molar-refractivity contribution in [2.45, 2.75) is 20.8 Å². The summed E-state index contributed by atoms with van der Waals surface area (Å²) in [6.45, 7) is 6.22. The summed E-state index contributed by atoms with van der Waals surface area (Å²) < 4.78 is 0. The van der Waals surface area contributed by atoms with Crippen LogP contribution in [0.5, 0.6) is 0 Å². The fourth-order valence-electron chi connectivity index (χ4n) is 2.96. The molecule has 0 aliphatic heterocycles. The van der Waals surface area contributed by atoms with Gasteiger partial charge in [0.1, 0.15) is 0 Å². The quantitative estimate of drug-likeness (QED) is 0.651. The maximum atomic E-state index is 9.19. The van der Waals surface area contributed by atoms with Crippen LogP contribution >= 0.6 is 0 Å². The van der Waals surface area contributed by atoms with E-state index in [9.17, 15) is 5.26 Å². The van der Waals surface area contributed by atoms with Crippen LogP contribution in [0.25, 0.3) is 22.4 Å². The van der Waals surface area contributed by atoms with Gasteiger partial charge in [0.15, 0.2) is 0 Å². The van der Waals surface area contributed by atoms with Gasteiger partial charge < -0.3 is 0 Å². The Morgan fingerprint density at radius 2 is 1.48 bits per heavy atom. The predicted molar refractivity (Wildman–Crippen MR) is 94.0 cm³/mol. The van der Waals surface area contributed by atoms with Crippen molar-refractivity contribution >= 4 is 0 Å². The summed E-state index contributed by atoms with van der Waals surface area (Å²) in [5.41, 5.74) is 8.65. The van der Waals surface area contributed by atoms with E-state index in [2.05, 4.69) is 43.1 Å². The second-order valence-electron chi connectivity index (χ2n) is 5.72. The first kappa shape index (κ1) is 15.0. The number of aromatic nitrogens is 1. The van der Waals surface area contributed by atoms with E-state index in [0.29, 0.717) is 0 Å². The smallest absolute Gasteiger partial charge is 0.0994 e. The first-order chi connectivity index (χ1) is 11.1. The molecule has 0 unspecified atom stereocenters. The van der Waals surface area contributed by atoms with Crippen molar-refractivity contribution in [1.29, 1.82) is 5.26 Å². The predicted octanol–water partition coefficient (Wildman–Crippen LogP) is 5.21. The van der Waals surface area contributed by atoms with Crippen LogP contribution in [-0.2, 0) is 0 Å². The molecule has 0 fully saturated rings. The molecule has 3 aromatic rings. The van der Waals surface area contributed by atoms with E-state index < -0.39 is 0 Å². The SMILES string of the molecule is Cc1c(-c2ccccn2)cccc1-c1ccc(C#N)c(C)c1C. The van der Waals surface area contributed by atoms with E-state index in [-0.39, 0.29) is 0 Å². The standard InChI is InChI=1S/C21H18N2/c1-14-15(2)19(11-10-17(14)13-22)18-7-6-8-20(16(18)3)21-9-4-5-12-23-21/h4-12H,1-3H3. The molecule has 3 rings (SSSR count). The summed E-state index contributed by atoms with van der Waals surface area (Å²) in [5.74, 6) is 0. The zero-order valence-electron chi connectivity index (χ0n) is 13.6. The molecule has 23 heavy (non-hydrogen) atoms. The van der Waals surface area contributed by atoms with E-state index in [1.165, 1.54) is 16.7 Å². The lowest BCUT2D eigenvalue weighted by molar-refractivity contribution is 1.28. The molecular weight excluding hydrogens is 280 g/mol. The minimum absolute atomic E-state index is 0.741. The van der Waals surface area contributed by atoms with Gasteiger partial charge in [-0.3, -0.25) is 4.98 Å². The minimum atomic E-state index is 0.741. The highest BCUT2D eigenvalue weighted by atomic mass is 14.7. The van der Waals surface area contributed by atoms with E-state index in [4.69, 9.17) is 0 Å². The lowest BCUT2D eigenvalue weighted by Gasteiger charge is -2.15. The normalized spacial score (nSPS) is 10.3.